The minimum atomic E-state index is -0.607. The maximum absolute atomic E-state index is 12.2. The number of allylic oxidation sites excluding steroid dienone is 1. The van der Waals surface area contributed by atoms with Gasteiger partial charge in [0.15, 0.2) is 11.5 Å². The number of dihydropyridines is 1. The summed E-state index contributed by atoms with van der Waals surface area (Å²) in [5.74, 6) is -0.439. The number of rotatable bonds is 3. The molecule has 0 aliphatic carbocycles. The van der Waals surface area contributed by atoms with Gasteiger partial charge in [0.1, 0.15) is 5.92 Å². The number of likely N-dealkylation sites (tertiary alicyclic amines) is 1. The third kappa shape index (κ3) is 2.41. The Morgan fingerprint density at radius 3 is 2.92 bits per heavy atom. The fourth-order valence-electron chi connectivity index (χ4n) is 2.58. The molecule has 2 aromatic heterocycles. The number of hydrogen-bond acceptors (Lipinski definition) is 7. The summed E-state index contributed by atoms with van der Waals surface area (Å²) < 4.78 is 6.72. The number of carbonyl (C=O) groups excluding carboxylic acids is 2. The molecule has 1 atom stereocenters. The van der Waals surface area contributed by atoms with Gasteiger partial charge in [0.2, 0.25) is 5.89 Å². The maximum atomic E-state index is 12.2. The zero-order valence-corrected chi connectivity index (χ0v) is 12.7. The van der Waals surface area contributed by atoms with Crippen LogP contribution in [0.3, 0.4) is 0 Å². The van der Waals surface area contributed by atoms with Crippen LogP contribution in [0, 0.1) is 0 Å². The smallest absolute Gasteiger partial charge is 0.276 e. The average Bonchev–Trinajstić information content (AvgIpc) is 3.15. The lowest BCUT2D eigenvalue weighted by molar-refractivity contribution is -0.118. The molecule has 1 fully saturated rings. The molecule has 122 valence electrons. The lowest BCUT2D eigenvalue weighted by Gasteiger charge is -2.36. The van der Waals surface area contributed by atoms with Crippen LogP contribution in [0.25, 0.3) is 0 Å². The van der Waals surface area contributed by atoms with Crippen LogP contribution in [0.2, 0.25) is 0 Å². The second kappa shape index (κ2) is 5.48. The van der Waals surface area contributed by atoms with Crippen LogP contribution < -0.4 is 0 Å². The van der Waals surface area contributed by atoms with Crippen molar-refractivity contribution in [3.8, 4) is 0 Å². The van der Waals surface area contributed by atoms with Crippen LogP contribution in [-0.2, 0) is 11.8 Å². The Balaban J connectivity index is 1.41. The summed E-state index contributed by atoms with van der Waals surface area (Å²) in [7, 11) is 1.70. The molecular formula is C14H13N7O3. The summed E-state index contributed by atoms with van der Waals surface area (Å²) in [5, 5.41) is 11.4. The number of aryl methyl sites for hydroxylation is 1. The number of amides is 2. The van der Waals surface area contributed by atoms with E-state index >= 15 is 0 Å². The first-order valence-corrected chi connectivity index (χ1v) is 7.35. The highest BCUT2D eigenvalue weighted by atomic mass is 16.5. The number of aliphatic imine (C=N–C) groups is 1. The fraction of sp³-hybridized carbons (Fsp3) is 0.357. The Morgan fingerprint density at radius 2 is 2.21 bits per heavy atom. The van der Waals surface area contributed by atoms with E-state index in [0.717, 1.165) is 0 Å². The second-order valence-corrected chi connectivity index (χ2v) is 5.65. The van der Waals surface area contributed by atoms with Crippen LogP contribution in [0.4, 0.5) is 0 Å². The molecule has 1 unspecified atom stereocenters. The summed E-state index contributed by atoms with van der Waals surface area (Å²) in [6, 6.07) is 0. The summed E-state index contributed by atoms with van der Waals surface area (Å²) in [5.41, 5.74) is 0.304. The Labute approximate surface area is 135 Å². The van der Waals surface area contributed by atoms with E-state index in [9.17, 15) is 9.59 Å². The van der Waals surface area contributed by atoms with Crippen molar-refractivity contribution < 1.29 is 14.1 Å². The first kappa shape index (κ1) is 14.4. The van der Waals surface area contributed by atoms with Crippen LogP contribution >= 0.6 is 0 Å². The third-order valence-corrected chi connectivity index (χ3v) is 3.93. The molecule has 2 amide bonds. The topological polar surface area (TPSA) is 119 Å². The summed E-state index contributed by atoms with van der Waals surface area (Å²) in [6.45, 7) is 0.924. The number of carbonyl (C=O) groups is 2. The van der Waals surface area contributed by atoms with Gasteiger partial charge in [-0.1, -0.05) is 16.4 Å². The maximum Gasteiger partial charge on any atom is 0.276 e. The molecular weight excluding hydrogens is 314 g/mol. The van der Waals surface area contributed by atoms with E-state index in [4.69, 9.17) is 4.52 Å². The molecule has 0 bridgehead atoms. The predicted octanol–water partition coefficient (Wildman–Crippen LogP) is -0.312. The quantitative estimate of drug-likeness (QED) is 0.758. The zero-order chi connectivity index (χ0) is 16.7. The van der Waals surface area contributed by atoms with Gasteiger partial charge in [-0.2, -0.15) is 4.98 Å². The number of nitrogens with zero attached hydrogens (tertiary/aromatic N) is 7. The van der Waals surface area contributed by atoms with Crippen LogP contribution in [0.15, 0.2) is 27.9 Å². The van der Waals surface area contributed by atoms with Gasteiger partial charge in [0.25, 0.3) is 11.8 Å². The van der Waals surface area contributed by atoms with Crippen LogP contribution in [0.5, 0.6) is 0 Å². The van der Waals surface area contributed by atoms with E-state index < -0.39 is 5.92 Å². The molecule has 0 aromatic carbocycles. The van der Waals surface area contributed by atoms with Gasteiger partial charge < -0.3 is 9.42 Å². The monoisotopic (exact) mass is 327 g/mol. The van der Waals surface area contributed by atoms with Crippen molar-refractivity contribution in [2.75, 3.05) is 13.1 Å². The second-order valence-electron chi connectivity index (χ2n) is 5.65. The van der Waals surface area contributed by atoms with Gasteiger partial charge in [-0.25, -0.2) is 4.99 Å². The van der Waals surface area contributed by atoms with Crippen molar-refractivity contribution in [3.05, 3.63) is 35.8 Å². The molecule has 2 aliphatic heterocycles. The minimum absolute atomic E-state index is 0.0435. The lowest BCUT2D eigenvalue weighted by Crippen LogP contribution is -2.48. The molecule has 10 nitrogen and oxygen atoms in total. The van der Waals surface area contributed by atoms with Crippen molar-refractivity contribution >= 4 is 18.0 Å². The molecule has 4 heterocycles. The molecule has 1 saturated heterocycles. The largest absolute Gasteiger partial charge is 0.339 e. The van der Waals surface area contributed by atoms with Gasteiger partial charge >= 0.3 is 0 Å². The molecule has 10 heteroatoms. The summed E-state index contributed by atoms with van der Waals surface area (Å²) in [6.07, 6.45) is 6.35. The molecule has 2 aromatic rings. The minimum Gasteiger partial charge on any atom is -0.339 e. The van der Waals surface area contributed by atoms with Crippen molar-refractivity contribution in [2.24, 2.45) is 12.0 Å². The fourth-order valence-corrected chi connectivity index (χ4v) is 2.58. The van der Waals surface area contributed by atoms with E-state index in [1.165, 1.54) is 10.9 Å². The van der Waals surface area contributed by atoms with E-state index in [1.807, 2.05) is 0 Å². The normalized spacial score (nSPS) is 20.5. The van der Waals surface area contributed by atoms with Crippen molar-refractivity contribution in [1.29, 1.82) is 0 Å². The first-order valence-electron chi connectivity index (χ1n) is 7.35. The van der Waals surface area contributed by atoms with E-state index in [0.29, 0.717) is 30.5 Å². The number of aromatic nitrogens is 5. The third-order valence-electron chi connectivity index (χ3n) is 3.93. The van der Waals surface area contributed by atoms with Crippen LogP contribution in [-0.4, -0.2) is 61.2 Å². The summed E-state index contributed by atoms with van der Waals surface area (Å²) in [4.78, 5) is 33.5. The van der Waals surface area contributed by atoms with E-state index in [2.05, 4.69) is 25.4 Å². The molecule has 0 radical (unpaired) electrons. The average molecular weight is 327 g/mol. The SMILES string of the molecule is Cn1cc(C(=O)N2CC(c3nc(C4C=CC=NC4=O)no3)C2)nn1. The van der Waals surface area contributed by atoms with Gasteiger partial charge in [-0.3, -0.25) is 14.3 Å². The van der Waals surface area contributed by atoms with Crippen LogP contribution in [0.1, 0.15) is 34.0 Å². The summed E-state index contributed by atoms with van der Waals surface area (Å²) >= 11 is 0. The highest BCUT2D eigenvalue weighted by molar-refractivity contribution is 5.97. The first-order chi connectivity index (χ1) is 11.6. The molecule has 4 rings (SSSR count). The Kier molecular flexibility index (Phi) is 3.29. The standard InChI is InChI=1S/C14H13N7O3/c1-20-7-10(17-19-20)14(23)21-5-8(6-21)13-16-11(18-24-13)9-3-2-4-15-12(9)22/h2-4,7-9H,5-6H2,1H3. The zero-order valence-electron chi connectivity index (χ0n) is 12.7. The van der Waals surface area contributed by atoms with Gasteiger partial charge in [0.05, 0.1) is 12.1 Å². The van der Waals surface area contributed by atoms with Gasteiger partial charge in [0, 0.05) is 26.4 Å². The van der Waals surface area contributed by atoms with E-state index in [1.54, 1.807) is 30.3 Å². The molecule has 0 N–H and O–H groups in total. The Hall–Kier alpha value is -3.17. The van der Waals surface area contributed by atoms with Crippen molar-refractivity contribution in [3.63, 3.8) is 0 Å². The lowest BCUT2D eigenvalue weighted by atomic mass is 9.99. The number of hydrogen-bond donors (Lipinski definition) is 0. The van der Waals surface area contributed by atoms with Gasteiger partial charge in [-0.05, 0) is 6.08 Å². The highest BCUT2D eigenvalue weighted by Gasteiger charge is 2.37. The molecule has 2 aliphatic rings. The van der Waals surface area contributed by atoms with Crippen molar-refractivity contribution in [2.45, 2.75) is 11.8 Å². The van der Waals surface area contributed by atoms with Gasteiger partial charge in [-0.15, -0.1) is 5.10 Å². The molecule has 24 heavy (non-hydrogen) atoms. The Bertz CT molecular complexity index is 859. The highest BCUT2D eigenvalue weighted by Crippen LogP contribution is 2.28. The van der Waals surface area contributed by atoms with E-state index in [-0.39, 0.29) is 17.7 Å². The van der Waals surface area contributed by atoms with Crippen molar-refractivity contribution in [1.82, 2.24) is 30.0 Å². The molecule has 0 spiro atoms. The Morgan fingerprint density at radius 1 is 1.38 bits per heavy atom. The predicted molar refractivity (Wildman–Crippen MR) is 79.3 cm³/mol. The molecule has 0 saturated carbocycles.